The van der Waals surface area contributed by atoms with E-state index < -0.39 is 0 Å². The summed E-state index contributed by atoms with van der Waals surface area (Å²) in [6, 6.07) is 4.29. The summed E-state index contributed by atoms with van der Waals surface area (Å²) < 4.78 is 0. The second-order valence-electron chi connectivity index (χ2n) is 6.42. The van der Waals surface area contributed by atoms with E-state index in [0.29, 0.717) is 6.42 Å². The van der Waals surface area contributed by atoms with Gasteiger partial charge >= 0.3 is 0 Å². The fraction of sp³-hybridized carbons (Fsp3) is 0.500. The number of hydrogen-bond acceptors (Lipinski definition) is 5. The minimum absolute atomic E-state index is 0.0802. The van der Waals surface area contributed by atoms with Crippen LogP contribution in [-0.4, -0.2) is 39.9 Å². The van der Waals surface area contributed by atoms with Crippen LogP contribution in [0, 0.1) is 13.8 Å². The van der Waals surface area contributed by atoms with Gasteiger partial charge in [0.05, 0.1) is 17.1 Å². The summed E-state index contributed by atoms with van der Waals surface area (Å²) in [4.78, 5) is 24.5. The summed E-state index contributed by atoms with van der Waals surface area (Å²) in [5.74, 6) is 0.0802. The number of carbonyl (C=O) groups is 1. The molecule has 3 heterocycles. The maximum atomic E-state index is 12.3. The van der Waals surface area contributed by atoms with Crippen LogP contribution >= 0.6 is 11.3 Å². The standard InChI is InChI=1S/C18H24N4OS/c1-13-17(20-14(2)24-13)9-18(23)21-16-6-4-8-22(12-16)11-15-5-3-7-19-10-15/h3,5,7,10,16H,4,6,8-9,11-12H2,1-2H3,(H,21,23). The van der Waals surface area contributed by atoms with Crippen molar-refractivity contribution in [2.45, 2.75) is 45.7 Å². The zero-order chi connectivity index (χ0) is 16.9. The van der Waals surface area contributed by atoms with Gasteiger partial charge in [0, 0.05) is 36.4 Å². The van der Waals surface area contributed by atoms with E-state index in [1.54, 1.807) is 17.5 Å². The predicted octanol–water partition coefficient (Wildman–Crippen LogP) is 2.48. The number of hydrogen-bond donors (Lipinski definition) is 1. The van der Waals surface area contributed by atoms with E-state index in [-0.39, 0.29) is 11.9 Å². The number of nitrogens with one attached hydrogen (secondary N) is 1. The van der Waals surface area contributed by atoms with Crippen LogP contribution in [0.25, 0.3) is 0 Å². The van der Waals surface area contributed by atoms with Gasteiger partial charge in [0.25, 0.3) is 0 Å². The maximum Gasteiger partial charge on any atom is 0.226 e. The van der Waals surface area contributed by atoms with Crippen LogP contribution in [0.15, 0.2) is 24.5 Å². The van der Waals surface area contributed by atoms with E-state index >= 15 is 0 Å². The zero-order valence-electron chi connectivity index (χ0n) is 14.3. The minimum Gasteiger partial charge on any atom is -0.352 e. The van der Waals surface area contributed by atoms with Crippen LogP contribution in [0.2, 0.25) is 0 Å². The van der Waals surface area contributed by atoms with Crippen LogP contribution < -0.4 is 5.32 Å². The molecule has 1 amide bonds. The first-order valence-corrected chi connectivity index (χ1v) is 9.25. The van der Waals surface area contributed by atoms with E-state index in [2.05, 4.69) is 26.3 Å². The Morgan fingerprint density at radius 1 is 1.46 bits per heavy atom. The van der Waals surface area contributed by atoms with E-state index in [1.165, 1.54) is 5.56 Å². The molecular formula is C18H24N4OS. The first-order valence-electron chi connectivity index (χ1n) is 8.43. The Bertz CT molecular complexity index is 686. The lowest BCUT2D eigenvalue weighted by molar-refractivity contribution is -0.121. The molecule has 1 aliphatic heterocycles. The molecule has 24 heavy (non-hydrogen) atoms. The number of pyridine rings is 1. The van der Waals surface area contributed by atoms with Crippen LogP contribution in [-0.2, 0) is 17.8 Å². The van der Waals surface area contributed by atoms with Crippen molar-refractivity contribution in [3.05, 3.63) is 45.7 Å². The second kappa shape index (κ2) is 7.85. The summed E-state index contributed by atoms with van der Waals surface area (Å²) in [6.45, 7) is 6.88. The second-order valence-corrected chi connectivity index (χ2v) is 7.82. The van der Waals surface area contributed by atoms with Crippen LogP contribution in [0.4, 0.5) is 0 Å². The average Bonchev–Trinajstić information content (AvgIpc) is 2.86. The lowest BCUT2D eigenvalue weighted by Crippen LogP contribution is -2.47. The molecule has 3 rings (SSSR count). The van der Waals surface area contributed by atoms with Crippen LogP contribution in [0.5, 0.6) is 0 Å². The van der Waals surface area contributed by atoms with Gasteiger partial charge in [-0.25, -0.2) is 4.98 Å². The van der Waals surface area contributed by atoms with Crippen molar-refractivity contribution >= 4 is 17.2 Å². The fourth-order valence-corrected chi connectivity index (χ4v) is 4.07. The molecule has 6 heteroatoms. The van der Waals surface area contributed by atoms with Crippen molar-refractivity contribution in [1.29, 1.82) is 0 Å². The van der Waals surface area contributed by atoms with Crippen molar-refractivity contribution < 1.29 is 4.79 Å². The Morgan fingerprint density at radius 3 is 3.04 bits per heavy atom. The Hall–Kier alpha value is -1.79. The molecular weight excluding hydrogens is 320 g/mol. The first kappa shape index (κ1) is 17.0. The van der Waals surface area contributed by atoms with Crippen LogP contribution in [0.1, 0.15) is 34.0 Å². The average molecular weight is 344 g/mol. The molecule has 1 unspecified atom stereocenters. The van der Waals surface area contributed by atoms with Crippen molar-refractivity contribution in [3.8, 4) is 0 Å². The van der Waals surface area contributed by atoms with Gasteiger partial charge in [0.2, 0.25) is 5.91 Å². The van der Waals surface area contributed by atoms with Crippen molar-refractivity contribution in [2.24, 2.45) is 0 Å². The third-order valence-corrected chi connectivity index (χ3v) is 5.26. The Labute approximate surface area is 147 Å². The number of piperidine rings is 1. The number of aromatic nitrogens is 2. The topological polar surface area (TPSA) is 58.1 Å². The van der Waals surface area contributed by atoms with Gasteiger partial charge in [0.15, 0.2) is 0 Å². The smallest absolute Gasteiger partial charge is 0.226 e. The van der Waals surface area contributed by atoms with Gasteiger partial charge in [-0.05, 0) is 44.9 Å². The Kier molecular flexibility index (Phi) is 5.58. The highest BCUT2D eigenvalue weighted by molar-refractivity contribution is 7.11. The molecule has 1 fully saturated rings. The van der Waals surface area contributed by atoms with Gasteiger partial charge in [-0.15, -0.1) is 11.3 Å². The number of rotatable bonds is 5. The van der Waals surface area contributed by atoms with Gasteiger partial charge in [-0.1, -0.05) is 6.07 Å². The Morgan fingerprint density at radius 2 is 2.33 bits per heavy atom. The van der Waals surface area contributed by atoms with Gasteiger partial charge in [-0.3, -0.25) is 14.7 Å². The number of carbonyl (C=O) groups excluding carboxylic acids is 1. The minimum atomic E-state index is 0.0802. The third-order valence-electron chi connectivity index (χ3n) is 4.33. The molecule has 1 saturated heterocycles. The third kappa shape index (κ3) is 4.61. The number of amides is 1. The predicted molar refractivity (Wildman–Crippen MR) is 96.0 cm³/mol. The normalized spacial score (nSPS) is 18.5. The maximum absolute atomic E-state index is 12.3. The lowest BCUT2D eigenvalue weighted by atomic mass is 10.0. The molecule has 128 valence electrons. The molecule has 0 aliphatic carbocycles. The summed E-state index contributed by atoms with van der Waals surface area (Å²) >= 11 is 1.65. The van der Waals surface area contributed by atoms with Crippen molar-refractivity contribution in [2.75, 3.05) is 13.1 Å². The molecule has 1 aliphatic rings. The molecule has 2 aromatic heterocycles. The lowest BCUT2D eigenvalue weighted by Gasteiger charge is -2.33. The quantitative estimate of drug-likeness (QED) is 0.905. The largest absolute Gasteiger partial charge is 0.352 e. The first-order chi connectivity index (χ1) is 11.6. The summed E-state index contributed by atoms with van der Waals surface area (Å²) in [6.07, 6.45) is 6.25. The molecule has 0 spiro atoms. The van der Waals surface area contributed by atoms with Gasteiger partial charge in [0.1, 0.15) is 0 Å². The summed E-state index contributed by atoms with van der Waals surface area (Å²) in [5.41, 5.74) is 2.14. The fourth-order valence-electron chi connectivity index (χ4n) is 3.23. The molecule has 5 nitrogen and oxygen atoms in total. The van der Waals surface area contributed by atoms with E-state index in [4.69, 9.17) is 0 Å². The van der Waals surface area contributed by atoms with Gasteiger partial charge in [-0.2, -0.15) is 0 Å². The van der Waals surface area contributed by atoms with E-state index in [0.717, 1.165) is 48.1 Å². The molecule has 1 N–H and O–H groups in total. The molecule has 2 aromatic rings. The highest BCUT2D eigenvalue weighted by atomic mass is 32.1. The number of thiazole rings is 1. The van der Waals surface area contributed by atoms with E-state index in [9.17, 15) is 4.79 Å². The molecule has 0 saturated carbocycles. The highest BCUT2D eigenvalue weighted by Gasteiger charge is 2.22. The number of aryl methyl sites for hydroxylation is 2. The Balaban J connectivity index is 1.51. The SMILES string of the molecule is Cc1nc(CC(=O)NC2CCCN(Cc3cccnc3)C2)c(C)s1. The van der Waals surface area contributed by atoms with Gasteiger partial charge < -0.3 is 5.32 Å². The monoisotopic (exact) mass is 344 g/mol. The molecule has 0 radical (unpaired) electrons. The van der Waals surface area contributed by atoms with Crippen molar-refractivity contribution in [3.63, 3.8) is 0 Å². The highest BCUT2D eigenvalue weighted by Crippen LogP contribution is 2.17. The summed E-state index contributed by atoms with van der Waals surface area (Å²) in [7, 11) is 0. The molecule has 0 aromatic carbocycles. The van der Waals surface area contributed by atoms with Crippen molar-refractivity contribution in [1.82, 2.24) is 20.2 Å². The summed E-state index contributed by atoms with van der Waals surface area (Å²) in [5, 5.41) is 4.21. The zero-order valence-corrected chi connectivity index (χ0v) is 15.1. The number of nitrogens with zero attached hydrogens (tertiary/aromatic N) is 3. The molecule has 0 bridgehead atoms. The number of likely N-dealkylation sites (tertiary alicyclic amines) is 1. The molecule has 1 atom stereocenters. The van der Waals surface area contributed by atoms with E-state index in [1.807, 2.05) is 26.1 Å². The van der Waals surface area contributed by atoms with Crippen LogP contribution in [0.3, 0.4) is 0 Å².